The number of benzene rings is 3. The molecule has 5 rings (SSSR count). The zero-order valence-corrected chi connectivity index (χ0v) is 15.8. The van der Waals surface area contributed by atoms with Crippen molar-refractivity contribution in [2.24, 2.45) is 0 Å². The first-order valence-electron chi connectivity index (χ1n) is 9.70. The van der Waals surface area contributed by atoms with Gasteiger partial charge in [0.25, 0.3) is 5.91 Å². The molecule has 140 valence electrons. The summed E-state index contributed by atoms with van der Waals surface area (Å²) in [6, 6.07) is 31.9. The number of para-hydroxylation sites is 1. The number of rotatable bonds is 3. The van der Waals surface area contributed by atoms with E-state index in [0.29, 0.717) is 5.56 Å². The third-order valence-corrected chi connectivity index (χ3v) is 5.33. The topological polar surface area (TPSA) is 25.2 Å². The summed E-state index contributed by atoms with van der Waals surface area (Å²) in [5.74, 6) is -0.0119. The van der Waals surface area contributed by atoms with Gasteiger partial charge in [0.2, 0.25) is 0 Å². The standard InChI is InChI=1S/C26H20N2O/c29-26(21-11-3-1-4-12-21)28-19-17-20-10-7-8-15-23(20)25(28)24-16-9-18-27(24)22-13-5-2-6-14-22/h1-19,25H/t25-/m0/s1. The SMILES string of the molecule is O=C(c1ccccc1)N1C=Cc2ccccc2[C@H]1c1cccn1-c1ccccc1. The normalized spacial score (nSPS) is 15.2. The average molecular weight is 376 g/mol. The molecule has 1 aliphatic heterocycles. The Balaban J connectivity index is 1.66. The molecule has 0 spiro atoms. The molecule has 0 fully saturated rings. The van der Waals surface area contributed by atoms with Gasteiger partial charge in [0, 0.05) is 23.6 Å². The smallest absolute Gasteiger partial charge is 0.258 e. The molecular formula is C26H20N2O. The van der Waals surface area contributed by atoms with Gasteiger partial charge in [-0.15, -0.1) is 0 Å². The molecule has 1 aliphatic rings. The van der Waals surface area contributed by atoms with Crippen molar-refractivity contribution in [3.05, 3.63) is 132 Å². The molecular weight excluding hydrogens is 356 g/mol. The zero-order chi connectivity index (χ0) is 19.6. The van der Waals surface area contributed by atoms with Crippen LogP contribution in [0.4, 0.5) is 0 Å². The molecule has 0 saturated carbocycles. The molecule has 3 aromatic carbocycles. The highest BCUT2D eigenvalue weighted by Crippen LogP contribution is 2.37. The predicted molar refractivity (Wildman–Crippen MR) is 116 cm³/mol. The molecule has 3 nitrogen and oxygen atoms in total. The van der Waals surface area contributed by atoms with E-state index in [-0.39, 0.29) is 11.9 Å². The highest BCUT2D eigenvalue weighted by atomic mass is 16.2. The van der Waals surface area contributed by atoms with Crippen molar-refractivity contribution < 1.29 is 4.79 Å². The maximum atomic E-state index is 13.4. The molecule has 0 saturated heterocycles. The van der Waals surface area contributed by atoms with Crippen LogP contribution in [0.1, 0.15) is 33.2 Å². The van der Waals surface area contributed by atoms with Crippen molar-refractivity contribution in [2.45, 2.75) is 6.04 Å². The van der Waals surface area contributed by atoms with Crippen molar-refractivity contribution in [2.75, 3.05) is 0 Å². The van der Waals surface area contributed by atoms with E-state index in [0.717, 1.165) is 22.5 Å². The predicted octanol–water partition coefficient (Wildman–Crippen LogP) is 5.69. The monoisotopic (exact) mass is 376 g/mol. The summed E-state index contributed by atoms with van der Waals surface area (Å²) in [6.07, 6.45) is 5.98. The Morgan fingerprint density at radius 2 is 1.41 bits per heavy atom. The maximum Gasteiger partial charge on any atom is 0.258 e. The van der Waals surface area contributed by atoms with E-state index >= 15 is 0 Å². The average Bonchev–Trinajstić information content (AvgIpc) is 3.28. The number of aromatic nitrogens is 1. The van der Waals surface area contributed by atoms with Crippen molar-refractivity contribution >= 4 is 12.0 Å². The van der Waals surface area contributed by atoms with Crippen LogP contribution in [0.25, 0.3) is 11.8 Å². The Labute approximate surface area is 170 Å². The fraction of sp³-hybridized carbons (Fsp3) is 0.0385. The number of carbonyl (C=O) groups is 1. The van der Waals surface area contributed by atoms with E-state index in [2.05, 4.69) is 41.1 Å². The van der Waals surface area contributed by atoms with E-state index in [1.54, 1.807) is 0 Å². The van der Waals surface area contributed by atoms with Crippen LogP contribution in [0, 0.1) is 0 Å². The van der Waals surface area contributed by atoms with Gasteiger partial charge >= 0.3 is 0 Å². The van der Waals surface area contributed by atoms with Crippen LogP contribution in [0.15, 0.2) is 109 Å². The Morgan fingerprint density at radius 1 is 0.724 bits per heavy atom. The number of carbonyl (C=O) groups excluding carboxylic acids is 1. The molecule has 1 aromatic heterocycles. The summed E-state index contributed by atoms with van der Waals surface area (Å²) in [5, 5.41) is 0. The fourth-order valence-corrected chi connectivity index (χ4v) is 3.97. The second-order valence-electron chi connectivity index (χ2n) is 7.06. The van der Waals surface area contributed by atoms with Gasteiger partial charge in [-0.25, -0.2) is 0 Å². The molecule has 0 N–H and O–H groups in total. The lowest BCUT2D eigenvalue weighted by atomic mass is 9.93. The second-order valence-corrected chi connectivity index (χ2v) is 7.06. The molecule has 0 bridgehead atoms. The van der Waals surface area contributed by atoms with Gasteiger partial charge in [-0.1, -0.05) is 60.7 Å². The van der Waals surface area contributed by atoms with E-state index in [1.165, 1.54) is 0 Å². The Hall–Kier alpha value is -3.85. The van der Waals surface area contributed by atoms with Gasteiger partial charge < -0.3 is 9.47 Å². The van der Waals surface area contributed by atoms with Crippen molar-refractivity contribution in [3.63, 3.8) is 0 Å². The summed E-state index contributed by atoms with van der Waals surface area (Å²) in [4.78, 5) is 15.3. The maximum absolute atomic E-state index is 13.4. The number of hydrogen-bond donors (Lipinski definition) is 0. The third kappa shape index (κ3) is 3.07. The van der Waals surface area contributed by atoms with Crippen LogP contribution >= 0.6 is 0 Å². The Morgan fingerprint density at radius 3 is 2.21 bits per heavy atom. The number of fused-ring (bicyclic) bond motifs is 1. The summed E-state index contributed by atoms with van der Waals surface area (Å²) in [7, 11) is 0. The van der Waals surface area contributed by atoms with Crippen LogP contribution in [0.5, 0.6) is 0 Å². The first-order chi connectivity index (χ1) is 14.3. The van der Waals surface area contributed by atoms with Gasteiger partial charge in [-0.05, 0) is 53.6 Å². The minimum Gasteiger partial charge on any atom is -0.318 e. The molecule has 1 atom stereocenters. The first-order valence-corrected chi connectivity index (χ1v) is 9.70. The molecule has 0 radical (unpaired) electrons. The summed E-state index contributed by atoms with van der Waals surface area (Å²) >= 11 is 0. The molecule has 0 aliphatic carbocycles. The van der Waals surface area contributed by atoms with Gasteiger partial charge in [0.05, 0.1) is 5.69 Å². The Kier molecular flexibility index (Phi) is 4.34. The highest BCUT2D eigenvalue weighted by Gasteiger charge is 2.31. The lowest BCUT2D eigenvalue weighted by Gasteiger charge is -2.34. The van der Waals surface area contributed by atoms with Crippen molar-refractivity contribution in [1.29, 1.82) is 0 Å². The number of nitrogens with zero attached hydrogens (tertiary/aromatic N) is 2. The van der Waals surface area contributed by atoms with Crippen molar-refractivity contribution in [1.82, 2.24) is 9.47 Å². The van der Waals surface area contributed by atoms with Crippen LogP contribution in [0.2, 0.25) is 0 Å². The van der Waals surface area contributed by atoms with Crippen molar-refractivity contribution in [3.8, 4) is 5.69 Å². The fourth-order valence-electron chi connectivity index (χ4n) is 3.97. The minimum absolute atomic E-state index is 0.0119. The minimum atomic E-state index is -0.209. The van der Waals surface area contributed by atoms with E-state index in [9.17, 15) is 4.79 Å². The molecule has 2 heterocycles. The quantitative estimate of drug-likeness (QED) is 0.451. The molecule has 4 aromatic rings. The summed E-state index contributed by atoms with van der Waals surface area (Å²) < 4.78 is 2.16. The van der Waals surface area contributed by atoms with Crippen LogP contribution in [-0.4, -0.2) is 15.4 Å². The van der Waals surface area contributed by atoms with E-state index in [4.69, 9.17) is 0 Å². The molecule has 0 unspecified atom stereocenters. The second kappa shape index (κ2) is 7.28. The zero-order valence-electron chi connectivity index (χ0n) is 15.8. The van der Waals surface area contributed by atoms with E-state index < -0.39 is 0 Å². The summed E-state index contributed by atoms with van der Waals surface area (Å²) in [5.41, 5.74) is 5.06. The van der Waals surface area contributed by atoms with Gasteiger partial charge in [0.15, 0.2) is 0 Å². The largest absolute Gasteiger partial charge is 0.318 e. The molecule has 1 amide bonds. The summed E-state index contributed by atoms with van der Waals surface area (Å²) in [6.45, 7) is 0. The van der Waals surface area contributed by atoms with E-state index in [1.807, 2.05) is 83.9 Å². The first kappa shape index (κ1) is 17.3. The number of amides is 1. The number of hydrogen-bond acceptors (Lipinski definition) is 1. The lowest BCUT2D eigenvalue weighted by Crippen LogP contribution is -2.34. The van der Waals surface area contributed by atoms with Gasteiger partial charge in [0.1, 0.15) is 6.04 Å². The Bertz CT molecular complexity index is 1180. The lowest BCUT2D eigenvalue weighted by molar-refractivity contribution is 0.0784. The van der Waals surface area contributed by atoms with Crippen LogP contribution < -0.4 is 0 Å². The third-order valence-electron chi connectivity index (χ3n) is 5.33. The van der Waals surface area contributed by atoms with Gasteiger partial charge in [-0.3, -0.25) is 4.79 Å². The molecule has 29 heavy (non-hydrogen) atoms. The van der Waals surface area contributed by atoms with Crippen LogP contribution in [0.3, 0.4) is 0 Å². The van der Waals surface area contributed by atoms with Crippen LogP contribution in [-0.2, 0) is 0 Å². The highest BCUT2D eigenvalue weighted by molar-refractivity contribution is 5.96. The van der Waals surface area contributed by atoms with Gasteiger partial charge in [-0.2, -0.15) is 0 Å². The molecule has 3 heteroatoms.